The fourth-order valence-electron chi connectivity index (χ4n) is 2.70. The topological polar surface area (TPSA) is 20.3 Å². The first-order valence-corrected chi connectivity index (χ1v) is 5.64. The van der Waals surface area contributed by atoms with Crippen LogP contribution in [-0.2, 0) is 4.79 Å². The van der Waals surface area contributed by atoms with E-state index in [-0.39, 0.29) is 12.5 Å². The number of hydrogen-bond donors (Lipinski definition) is 0. The SMILES string of the molecule is O=C(N1C=C2CC(C1)c1ccccc12)C(F)(F)F. The van der Waals surface area contributed by atoms with Crippen LogP contribution in [0.2, 0.25) is 0 Å². The number of halogens is 3. The standard InChI is InChI=1S/C13H10F3NO/c14-13(15,16)12(18)17-6-8-5-9(7-17)11-4-2-1-3-10(8)11/h1-4,6,9H,5,7H2. The number of allylic oxidation sites excluding steroid dienone is 1. The fourth-order valence-corrected chi connectivity index (χ4v) is 2.70. The second kappa shape index (κ2) is 3.60. The minimum Gasteiger partial charge on any atom is -0.310 e. The van der Waals surface area contributed by atoms with Gasteiger partial charge in [-0.1, -0.05) is 24.3 Å². The molecule has 1 unspecified atom stereocenters. The minimum absolute atomic E-state index is 0.00694. The Kier molecular flexibility index (Phi) is 2.27. The molecule has 3 rings (SSSR count). The second-order valence-corrected chi connectivity index (χ2v) is 4.60. The van der Waals surface area contributed by atoms with E-state index in [1.165, 1.54) is 6.20 Å². The number of benzene rings is 1. The Morgan fingerprint density at radius 2 is 2.00 bits per heavy atom. The first-order valence-electron chi connectivity index (χ1n) is 5.64. The molecular formula is C13H10F3NO. The van der Waals surface area contributed by atoms with E-state index in [4.69, 9.17) is 0 Å². The van der Waals surface area contributed by atoms with Gasteiger partial charge < -0.3 is 4.90 Å². The molecule has 0 saturated carbocycles. The normalized spacial score (nSPS) is 21.6. The van der Waals surface area contributed by atoms with Crippen molar-refractivity contribution in [2.24, 2.45) is 0 Å². The number of amides is 1. The van der Waals surface area contributed by atoms with E-state index < -0.39 is 12.1 Å². The number of alkyl halides is 3. The molecule has 0 aromatic heterocycles. The molecule has 1 aliphatic carbocycles. The summed E-state index contributed by atoms with van der Waals surface area (Å²) in [5.74, 6) is -1.79. The van der Waals surface area contributed by atoms with E-state index in [2.05, 4.69) is 0 Å². The fraction of sp³-hybridized carbons (Fsp3) is 0.308. The van der Waals surface area contributed by atoms with Crippen LogP contribution in [0.15, 0.2) is 30.5 Å². The first kappa shape index (κ1) is 11.3. The number of rotatable bonds is 0. The monoisotopic (exact) mass is 253 g/mol. The summed E-state index contributed by atoms with van der Waals surface area (Å²) in [5.41, 5.74) is 2.83. The summed E-state index contributed by atoms with van der Waals surface area (Å²) in [4.78, 5) is 12.0. The third-order valence-corrected chi connectivity index (χ3v) is 3.45. The van der Waals surface area contributed by atoms with Crippen LogP contribution >= 0.6 is 0 Å². The Bertz CT molecular complexity index is 547. The molecule has 1 atom stereocenters. The minimum atomic E-state index is -4.81. The average molecular weight is 253 g/mol. The summed E-state index contributed by atoms with van der Waals surface area (Å²) in [6.07, 6.45) is -2.74. The van der Waals surface area contributed by atoms with Crippen molar-refractivity contribution in [1.29, 1.82) is 0 Å². The zero-order valence-electron chi connectivity index (χ0n) is 9.37. The lowest BCUT2D eigenvalue weighted by molar-refractivity contribution is -0.182. The molecule has 0 fully saturated rings. The van der Waals surface area contributed by atoms with Crippen molar-refractivity contribution in [2.75, 3.05) is 6.54 Å². The maximum absolute atomic E-state index is 12.4. The molecule has 1 aromatic carbocycles. The van der Waals surface area contributed by atoms with Crippen LogP contribution in [0.5, 0.6) is 0 Å². The molecule has 0 saturated heterocycles. The highest BCUT2D eigenvalue weighted by Gasteiger charge is 2.45. The van der Waals surface area contributed by atoms with Gasteiger partial charge in [-0.2, -0.15) is 13.2 Å². The van der Waals surface area contributed by atoms with E-state index in [0.29, 0.717) is 0 Å². The van der Waals surface area contributed by atoms with Gasteiger partial charge in [-0.15, -0.1) is 0 Å². The summed E-state index contributed by atoms with van der Waals surface area (Å²) < 4.78 is 37.2. The molecule has 1 aliphatic heterocycles. The summed E-state index contributed by atoms with van der Waals surface area (Å²) in [5, 5.41) is 0. The predicted molar refractivity (Wildman–Crippen MR) is 59.5 cm³/mol. The van der Waals surface area contributed by atoms with Crippen molar-refractivity contribution >= 4 is 11.5 Å². The van der Waals surface area contributed by atoms with Crippen molar-refractivity contribution in [3.05, 3.63) is 41.6 Å². The van der Waals surface area contributed by atoms with Gasteiger partial charge in [0.15, 0.2) is 0 Å². The van der Waals surface area contributed by atoms with Crippen LogP contribution in [0.3, 0.4) is 0 Å². The Balaban J connectivity index is 1.97. The van der Waals surface area contributed by atoms with Crippen LogP contribution in [0.4, 0.5) is 13.2 Å². The van der Waals surface area contributed by atoms with Gasteiger partial charge in [0.1, 0.15) is 0 Å². The van der Waals surface area contributed by atoms with E-state index >= 15 is 0 Å². The van der Waals surface area contributed by atoms with Gasteiger partial charge in [0, 0.05) is 18.7 Å². The molecule has 5 heteroatoms. The van der Waals surface area contributed by atoms with Gasteiger partial charge in [-0.25, -0.2) is 0 Å². The molecule has 0 N–H and O–H groups in total. The summed E-state index contributed by atoms with van der Waals surface area (Å²) in [7, 11) is 0. The number of fused-ring (bicyclic) bond motifs is 5. The van der Waals surface area contributed by atoms with Gasteiger partial charge in [0.2, 0.25) is 0 Å². The molecule has 1 aromatic rings. The van der Waals surface area contributed by atoms with Crippen LogP contribution < -0.4 is 0 Å². The smallest absolute Gasteiger partial charge is 0.310 e. The molecule has 2 nitrogen and oxygen atoms in total. The van der Waals surface area contributed by atoms with Gasteiger partial charge in [-0.05, 0) is 23.1 Å². The molecule has 0 radical (unpaired) electrons. The van der Waals surface area contributed by atoms with Crippen molar-refractivity contribution in [1.82, 2.24) is 4.90 Å². The van der Waals surface area contributed by atoms with Gasteiger partial charge in [0.25, 0.3) is 0 Å². The van der Waals surface area contributed by atoms with E-state index in [1.807, 2.05) is 24.3 Å². The quantitative estimate of drug-likeness (QED) is 0.696. The maximum atomic E-state index is 12.4. The number of hydrogen-bond acceptors (Lipinski definition) is 1. The number of nitrogens with zero attached hydrogens (tertiary/aromatic N) is 1. The lowest BCUT2D eigenvalue weighted by Crippen LogP contribution is -2.40. The van der Waals surface area contributed by atoms with Crippen molar-refractivity contribution in [2.45, 2.75) is 18.5 Å². The molecule has 2 aliphatic rings. The van der Waals surface area contributed by atoms with Gasteiger partial charge in [-0.3, -0.25) is 4.79 Å². The highest BCUT2D eigenvalue weighted by Crippen LogP contribution is 2.45. The summed E-state index contributed by atoms with van der Waals surface area (Å²) in [6, 6.07) is 7.54. The van der Waals surface area contributed by atoms with Crippen LogP contribution in [0, 0.1) is 0 Å². The maximum Gasteiger partial charge on any atom is 0.471 e. The molecule has 1 amide bonds. The highest BCUT2D eigenvalue weighted by atomic mass is 19.4. The van der Waals surface area contributed by atoms with Crippen molar-refractivity contribution in [3.63, 3.8) is 0 Å². The predicted octanol–water partition coefficient (Wildman–Crippen LogP) is 2.92. The van der Waals surface area contributed by atoms with Crippen LogP contribution in [0.1, 0.15) is 23.5 Å². The number of carbonyl (C=O) groups is 1. The molecule has 0 spiro atoms. The summed E-state index contributed by atoms with van der Waals surface area (Å²) in [6.45, 7) is 0.110. The average Bonchev–Trinajstić information content (AvgIpc) is 2.60. The van der Waals surface area contributed by atoms with E-state index in [0.717, 1.165) is 28.0 Å². The lowest BCUT2D eigenvalue weighted by Gasteiger charge is -2.26. The molecule has 94 valence electrons. The molecule has 1 heterocycles. The van der Waals surface area contributed by atoms with Crippen molar-refractivity contribution in [3.8, 4) is 0 Å². The van der Waals surface area contributed by atoms with E-state index in [9.17, 15) is 18.0 Å². The molecule has 18 heavy (non-hydrogen) atoms. The second-order valence-electron chi connectivity index (χ2n) is 4.60. The zero-order chi connectivity index (χ0) is 12.9. The Morgan fingerprint density at radius 1 is 1.28 bits per heavy atom. The lowest BCUT2D eigenvalue weighted by atomic mass is 10.00. The Morgan fingerprint density at radius 3 is 2.72 bits per heavy atom. The zero-order valence-corrected chi connectivity index (χ0v) is 9.37. The Hall–Kier alpha value is -1.78. The molecular weight excluding hydrogens is 243 g/mol. The third kappa shape index (κ3) is 1.62. The van der Waals surface area contributed by atoms with Crippen molar-refractivity contribution < 1.29 is 18.0 Å². The van der Waals surface area contributed by atoms with Crippen LogP contribution in [0.25, 0.3) is 5.57 Å². The Labute approximate surface area is 102 Å². The third-order valence-electron chi connectivity index (χ3n) is 3.45. The molecule has 2 bridgehead atoms. The number of carbonyl (C=O) groups excluding carboxylic acids is 1. The largest absolute Gasteiger partial charge is 0.471 e. The highest BCUT2D eigenvalue weighted by molar-refractivity contribution is 5.86. The summed E-state index contributed by atoms with van der Waals surface area (Å²) >= 11 is 0. The van der Waals surface area contributed by atoms with E-state index in [1.54, 1.807) is 0 Å². The van der Waals surface area contributed by atoms with Crippen LogP contribution in [-0.4, -0.2) is 23.5 Å². The first-order chi connectivity index (χ1) is 8.47. The van der Waals surface area contributed by atoms with Gasteiger partial charge in [0.05, 0.1) is 0 Å². The van der Waals surface area contributed by atoms with Gasteiger partial charge >= 0.3 is 12.1 Å².